The maximum absolute atomic E-state index is 11.9. The second kappa shape index (κ2) is 8.25. The first-order valence-electron chi connectivity index (χ1n) is 7.24. The first-order chi connectivity index (χ1) is 9.58. The highest BCUT2D eigenvalue weighted by Gasteiger charge is 2.24. The number of rotatable bonds is 4. The number of ether oxygens (including phenoxy) is 1. The third kappa shape index (κ3) is 4.90. The Morgan fingerprint density at radius 3 is 2.52 bits per heavy atom. The van der Waals surface area contributed by atoms with E-state index in [1.165, 1.54) is 0 Å². The van der Waals surface area contributed by atoms with Gasteiger partial charge in [0.25, 0.3) is 5.91 Å². The molecule has 2 rings (SSSR count). The molecule has 0 radical (unpaired) electrons. The third-order valence-electron chi connectivity index (χ3n) is 3.83. The maximum Gasteiger partial charge on any atom is 0.258 e. The molecule has 0 heterocycles. The minimum atomic E-state index is -0.423. The monoisotopic (exact) mass is 313 g/mol. The maximum atomic E-state index is 11.9. The van der Waals surface area contributed by atoms with E-state index in [1.807, 2.05) is 32.0 Å². The zero-order valence-corrected chi connectivity index (χ0v) is 13.4. The predicted octanol–water partition coefficient (Wildman–Crippen LogP) is 2.52. The van der Waals surface area contributed by atoms with Gasteiger partial charge in [-0.15, -0.1) is 12.4 Å². The number of carbonyl (C=O) groups excluding carboxylic acids is 1. The average Bonchev–Trinajstić information content (AvgIpc) is 2.41. The van der Waals surface area contributed by atoms with Gasteiger partial charge in [-0.25, -0.2) is 0 Å². The molecule has 4 nitrogen and oxygen atoms in total. The number of aryl methyl sites for hydroxylation is 2. The second-order valence-corrected chi connectivity index (χ2v) is 5.54. The number of hydrogen-bond donors (Lipinski definition) is 2. The highest BCUT2D eigenvalue weighted by atomic mass is 35.5. The van der Waals surface area contributed by atoms with Crippen molar-refractivity contribution in [1.29, 1.82) is 0 Å². The fraction of sp³-hybridized carbons (Fsp3) is 0.562. The summed E-state index contributed by atoms with van der Waals surface area (Å²) in [4.78, 5) is 11.9. The van der Waals surface area contributed by atoms with Gasteiger partial charge in [-0.05, 0) is 37.8 Å². The Bertz CT molecular complexity index is 458. The molecule has 2 N–H and O–H groups in total. The quantitative estimate of drug-likeness (QED) is 0.898. The Balaban J connectivity index is 0.00000220. The number of hydrogen-bond acceptors (Lipinski definition) is 3. The minimum absolute atomic E-state index is 0. The molecule has 0 spiro atoms. The number of aliphatic hydroxyl groups excluding tert-OH is 1. The summed E-state index contributed by atoms with van der Waals surface area (Å²) in [6.45, 7) is 3.92. The van der Waals surface area contributed by atoms with E-state index in [-0.39, 0.29) is 31.0 Å². The molecular weight excluding hydrogens is 290 g/mol. The van der Waals surface area contributed by atoms with E-state index in [0.29, 0.717) is 0 Å². The number of amides is 1. The van der Waals surface area contributed by atoms with Crippen LogP contribution in [-0.4, -0.2) is 29.8 Å². The summed E-state index contributed by atoms with van der Waals surface area (Å²) in [6.07, 6.45) is 3.28. The molecule has 1 aliphatic rings. The highest BCUT2D eigenvalue weighted by molar-refractivity contribution is 5.85. The molecule has 1 saturated carbocycles. The van der Waals surface area contributed by atoms with Gasteiger partial charge in [0, 0.05) is 0 Å². The van der Waals surface area contributed by atoms with E-state index in [4.69, 9.17) is 4.74 Å². The average molecular weight is 314 g/mol. The second-order valence-electron chi connectivity index (χ2n) is 5.54. The SMILES string of the molecule is Cc1cccc(C)c1OCC(=O)NC1CCCCC1O.Cl. The molecule has 1 fully saturated rings. The minimum Gasteiger partial charge on any atom is -0.483 e. The van der Waals surface area contributed by atoms with Crippen LogP contribution < -0.4 is 10.1 Å². The number of benzene rings is 1. The highest BCUT2D eigenvalue weighted by Crippen LogP contribution is 2.22. The summed E-state index contributed by atoms with van der Waals surface area (Å²) in [5.74, 6) is 0.602. The molecule has 5 heteroatoms. The Hall–Kier alpha value is -1.26. The van der Waals surface area contributed by atoms with Crippen LogP contribution in [0.4, 0.5) is 0 Å². The van der Waals surface area contributed by atoms with Crippen molar-refractivity contribution >= 4 is 18.3 Å². The standard InChI is InChI=1S/C16H23NO3.ClH/c1-11-6-5-7-12(2)16(11)20-10-15(19)17-13-8-3-4-9-14(13)18;/h5-7,13-14,18H,3-4,8-10H2,1-2H3,(H,17,19);1H. The van der Waals surface area contributed by atoms with Crippen LogP contribution in [0, 0.1) is 13.8 Å². The van der Waals surface area contributed by atoms with Crippen molar-refractivity contribution in [1.82, 2.24) is 5.32 Å². The molecule has 1 aromatic carbocycles. The normalized spacial score (nSPS) is 21.3. The number of halogens is 1. The first kappa shape index (κ1) is 17.8. The van der Waals surface area contributed by atoms with Crippen molar-refractivity contribution in [2.45, 2.75) is 51.7 Å². The lowest BCUT2D eigenvalue weighted by atomic mass is 9.92. The fourth-order valence-electron chi connectivity index (χ4n) is 2.69. The van der Waals surface area contributed by atoms with Gasteiger partial charge in [0.15, 0.2) is 6.61 Å². The molecule has 0 saturated heterocycles. The van der Waals surface area contributed by atoms with Crippen LogP contribution in [0.1, 0.15) is 36.8 Å². The molecule has 0 aliphatic heterocycles. The molecular formula is C16H24ClNO3. The van der Waals surface area contributed by atoms with Gasteiger partial charge in [-0.2, -0.15) is 0 Å². The van der Waals surface area contributed by atoms with Crippen molar-refractivity contribution in [3.63, 3.8) is 0 Å². The summed E-state index contributed by atoms with van der Waals surface area (Å²) in [7, 11) is 0. The molecule has 2 unspecified atom stereocenters. The van der Waals surface area contributed by atoms with Crippen molar-refractivity contribution in [2.24, 2.45) is 0 Å². The van der Waals surface area contributed by atoms with E-state index >= 15 is 0 Å². The van der Waals surface area contributed by atoms with E-state index in [9.17, 15) is 9.90 Å². The Labute approximate surface area is 132 Å². The predicted molar refractivity (Wildman–Crippen MR) is 85.1 cm³/mol. The van der Waals surface area contributed by atoms with Gasteiger partial charge in [0.1, 0.15) is 5.75 Å². The number of para-hydroxylation sites is 1. The van der Waals surface area contributed by atoms with Gasteiger partial charge < -0.3 is 15.2 Å². The molecule has 21 heavy (non-hydrogen) atoms. The molecule has 2 atom stereocenters. The van der Waals surface area contributed by atoms with Gasteiger partial charge in [-0.3, -0.25) is 4.79 Å². The molecule has 0 aromatic heterocycles. The van der Waals surface area contributed by atoms with Crippen LogP contribution in [0.15, 0.2) is 18.2 Å². The first-order valence-corrected chi connectivity index (χ1v) is 7.24. The van der Waals surface area contributed by atoms with Gasteiger partial charge in [0.05, 0.1) is 12.1 Å². The van der Waals surface area contributed by atoms with Crippen LogP contribution in [0.3, 0.4) is 0 Å². The van der Waals surface area contributed by atoms with Crippen molar-refractivity contribution in [2.75, 3.05) is 6.61 Å². The Morgan fingerprint density at radius 2 is 1.90 bits per heavy atom. The third-order valence-corrected chi connectivity index (χ3v) is 3.83. The molecule has 0 bridgehead atoms. The fourth-order valence-corrected chi connectivity index (χ4v) is 2.69. The van der Waals surface area contributed by atoms with E-state index < -0.39 is 6.10 Å². The van der Waals surface area contributed by atoms with Crippen LogP contribution in [0.25, 0.3) is 0 Å². The molecule has 1 aromatic rings. The van der Waals surface area contributed by atoms with Crippen LogP contribution in [0.2, 0.25) is 0 Å². The molecule has 118 valence electrons. The summed E-state index contributed by atoms with van der Waals surface area (Å²) in [5.41, 5.74) is 2.05. The van der Waals surface area contributed by atoms with Crippen molar-refractivity contribution < 1.29 is 14.6 Å². The van der Waals surface area contributed by atoms with E-state index in [2.05, 4.69) is 5.32 Å². The topological polar surface area (TPSA) is 58.6 Å². The van der Waals surface area contributed by atoms with E-state index in [1.54, 1.807) is 0 Å². The molecule has 1 aliphatic carbocycles. The summed E-state index contributed by atoms with van der Waals surface area (Å²) in [5, 5.41) is 12.7. The zero-order valence-electron chi connectivity index (χ0n) is 12.6. The van der Waals surface area contributed by atoms with Crippen LogP contribution in [-0.2, 0) is 4.79 Å². The van der Waals surface area contributed by atoms with Crippen LogP contribution >= 0.6 is 12.4 Å². The lowest BCUT2D eigenvalue weighted by Crippen LogP contribution is -2.46. The Kier molecular flexibility index (Phi) is 6.99. The lowest BCUT2D eigenvalue weighted by Gasteiger charge is -2.28. The number of carbonyl (C=O) groups is 1. The smallest absolute Gasteiger partial charge is 0.258 e. The number of nitrogens with one attached hydrogen (secondary N) is 1. The summed E-state index contributed by atoms with van der Waals surface area (Å²) in [6, 6.07) is 5.77. The van der Waals surface area contributed by atoms with Gasteiger partial charge >= 0.3 is 0 Å². The molecule has 1 amide bonds. The Morgan fingerprint density at radius 1 is 1.29 bits per heavy atom. The van der Waals surface area contributed by atoms with Crippen LogP contribution in [0.5, 0.6) is 5.75 Å². The summed E-state index contributed by atoms with van der Waals surface area (Å²) >= 11 is 0. The largest absolute Gasteiger partial charge is 0.483 e. The van der Waals surface area contributed by atoms with E-state index in [0.717, 1.165) is 42.6 Å². The number of aliphatic hydroxyl groups is 1. The van der Waals surface area contributed by atoms with Gasteiger partial charge in [-0.1, -0.05) is 31.0 Å². The lowest BCUT2D eigenvalue weighted by molar-refractivity contribution is -0.125. The van der Waals surface area contributed by atoms with Crippen molar-refractivity contribution in [3.05, 3.63) is 29.3 Å². The zero-order chi connectivity index (χ0) is 14.5. The van der Waals surface area contributed by atoms with Gasteiger partial charge in [0.2, 0.25) is 0 Å². The summed E-state index contributed by atoms with van der Waals surface area (Å²) < 4.78 is 5.61. The van der Waals surface area contributed by atoms with Crippen molar-refractivity contribution in [3.8, 4) is 5.75 Å².